The molecule has 5 nitrogen and oxygen atoms in total. The molecule has 1 heterocycles. The van der Waals surface area contributed by atoms with Gasteiger partial charge in [0.2, 0.25) is 0 Å². The van der Waals surface area contributed by atoms with E-state index in [-0.39, 0.29) is 30.1 Å². The Bertz CT molecular complexity index is 1230. The molecule has 8 heteroatoms. The number of benzene rings is 3. The second-order valence-electron chi connectivity index (χ2n) is 7.45. The normalized spacial score (nSPS) is 14.7. The molecule has 0 spiro atoms. The average molecular weight is 589 g/mol. The van der Waals surface area contributed by atoms with Crippen LogP contribution in [0.4, 0.5) is 9.18 Å². The average Bonchev–Trinajstić information content (AvgIpc) is 3.08. The molecule has 4 rings (SSSR count). The first-order valence-electron chi connectivity index (χ1n) is 10.6. The van der Waals surface area contributed by atoms with Gasteiger partial charge in [-0.2, -0.15) is 0 Å². The number of carbonyl (C=O) groups excluding carboxylic acids is 2. The number of ether oxygens (including phenoxy) is 2. The fourth-order valence-corrected chi connectivity index (χ4v) is 4.50. The predicted molar refractivity (Wildman–Crippen MR) is 139 cm³/mol. The van der Waals surface area contributed by atoms with Gasteiger partial charge >= 0.3 is 0 Å². The van der Waals surface area contributed by atoms with E-state index in [4.69, 9.17) is 9.47 Å². The summed E-state index contributed by atoms with van der Waals surface area (Å²) in [4.78, 5) is 27.0. The minimum Gasteiger partial charge on any atom is -0.490 e. The number of hydrogen-bond acceptors (Lipinski definition) is 5. The van der Waals surface area contributed by atoms with Crippen LogP contribution in [0.1, 0.15) is 23.6 Å². The van der Waals surface area contributed by atoms with E-state index in [2.05, 4.69) is 22.6 Å². The molecule has 34 heavy (non-hydrogen) atoms. The number of nitrogens with zero attached hydrogens (tertiary/aromatic N) is 1. The van der Waals surface area contributed by atoms with Gasteiger partial charge in [0.25, 0.3) is 11.1 Å². The molecule has 0 saturated carbocycles. The fraction of sp³-hybridized carbons (Fsp3) is 0.154. The highest BCUT2D eigenvalue weighted by Gasteiger charge is 2.35. The van der Waals surface area contributed by atoms with Crippen molar-refractivity contribution in [1.29, 1.82) is 0 Å². The van der Waals surface area contributed by atoms with Gasteiger partial charge in [-0.15, -0.1) is 0 Å². The van der Waals surface area contributed by atoms with Crippen molar-refractivity contribution in [2.24, 2.45) is 0 Å². The van der Waals surface area contributed by atoms with Crippen molar-refractivity contribution in [3.8, 4) is 11.5 Å². The third-order valence-electron chi connectivity index (χ3n) is 5.00. The van der Waals surface area contributed by atoms with E-state index >= 15 is 0 Å². The maximum Gasteiger partial charge on any atom is 0.293 e. The molecule has 3 aromatic rings. The lowest BCUT2D eigenvalue weighted by Crippen LogP contribution is -2.27. The van der Waals surface area contributed by atoms with Gasteiger partial charge in [0.1, 0.15) is 12.4 Å². The first-order valence-corrected chi connectivity index (χ1v) is 12.5. The summed E-state index contributed by atoms with van der Waals surface area (Å²) in [6, 6.07) is 19.1. The number of thioether (sulfide) groups is 1. The Morgan fingerprint density at radius 3 is 2.35 bits per heavy atom. The number of rotatable bonds is 8. The molecule has 0 aromatic heterocycles. The monoisotopic (exact) mass is 589 g/mol. The van der Waals surface area contributed by atoms with Gasteiger partial charge in [-0.25, -0.2) is 4.39 Å². The zero-order valence-electron chi connectivity index (χ0n) is 18.3. The molecule has 0 unspecified atom stereocenters. The molecule has 1 fully saturated rings. The van der Waals surface area contributed by atoms with E-state index < -0.39 is 0 Å². The lowest BCUT2D eigenvalue weighted by molar-refractivity contribution is -0.123. The summed E-state index contributed by atoms with van der Waals surface area (Å²) in [5, 5.41) is -0.293. The van der Waals surface area contributed by atoms with E-state index in [1.54, 1.807) is 36.4 Å². The van der Waals surface area contributed by atoms with Crippen LogP contribution in [0.3, 0.4) is 0 Å². The molecule has 0 aliphatic carbocycles. The fourth-order valence-electron chi connectivity index (χ4n) is 3.30. The topological polar surface area (TPSA) is 55.8 Å². The predicted octanol–water partition coefficient (Wildman–Crippen LogP) is 6.64. The first kappa shape index (κ1) is 24.3. The Labute approximate surface area is 215 Å². The molecule has 0 bridgehead atoms. The van der Waals surface area contributed by atoms with Crippen LogP contribution in [0.15, 0.2) is 71.6 Å². The Morgan fingerprint density at radius 2 is 1.65 bits per heavy atom. The van der Waals surface area contributed by atoms with Gasteiger partial charge in [0.05, 0.1) is 18.1 Å². The Kier molecular flexibility index (Phi) is 7.89. The maximum atomic E-state index is 13.1. The minimum atomic E-state index is -0.317. The van der Waals surface area contributed by atoms with Crippen LogP contribution in [0.25, 0.3) is 6.08 Å². The lowest BCUT2D eigenvalue weighted by Gasteiger charge is -2.13. The van der Waals surface area contributed by atoms with Gasteiger partial charge in [0, 0.05) is 3.57 Å². The van der Waals surface area contributed by atoms with Gasteiger partial charge in [-0.05, 0) is 100 Å². The van der Waals surface area contributed by atoms with Crippen LogP contribution in [-0.4, -0.2) is 22.7 Å². The van der Waals surface area contributed by atoms with Crippen LogP contribution in [-0.2, 0) is 17.9 Å². The van der Waals surface area contributed by atoms with Gasteiger partial charge in [-0.3, -0.25) is 14.5 Å². The van der Waals surface area contributed by atoms with Crippen molar-refractivity contribution in [3.05, 3.63) is 97.7 Å². The highest BCUT2D eigenvalue weighted by Crippen LogP contribution is 2.35. The highest BCUT2D eigenvalue weighted by atomic mass is 127. The summed E-state index contributed by atoms with van der Waals surface area (Å²) in [6.07, 6.45) is 1.69. The number of carbonyl (C=O) groups is 2. The van der Waals surface area contributed by atoms with Crippen molar-refractivity contribution in [1.82, 2.24) is 4.90 Å². The molecule has 1 aliphatic rings. The molecule has 174 valence electrons. The van der Waals surface area contributed by atoms with Gasteiger partial charge in [0.15, 0.2) is 11.5 Å². The third kappa shape index (κ3) is 5.98. The van der Waals surface area contributed by atoms with Crippen LogP contribution >= 0.6 is 34.4 Å². The summed E-state index contributed by atoms with van der Waals surface area (Å²) in [5.41, 5.74) is 2.44. The minimum absolute atomic E-state index is 0.235. The van der Waals surface area contributed by atoms with Crippen molar-refractivity contribution in [3.63, 3.8) is 0 Å². The molecule has 2 amide bonds. The van der Waals surface area contributed by atoms with Crippen molar-refractivity contribution in [2.75, 3.05) is 6.61 Å². The summed E-state index contributed by atoms with van der Waals surface area (Å²) in [6.45, 7) is 2.80. The van der Waals surface area contributed by atoms with Crippen molar-refractivity contribution >= 4 is 51.6 Å². The van der Waals surface area contributed by atoms with E-state index in [9.17, 15) is 14.0 Å². The Hall–Kier alpha value is -2.85. The third-order valence-corrected chi connectivity index (χ3v) is 6.63. The van der Waals surface area contributed by atoms with Crippen LogP contribution in [0.5, 0.6) is 11.5 Å². The standard InChI is InChI=1S/C26H21FINO4S/c1-2-32-23-13-19(7-12-22(23)33-16-18-3-8-20(27)9-4-18)14-24-25(30)29(26(31)34-24)15-17-5-10-21(28)11-6-17/h3-14H,2,15-16H2,1H3/b24-14-. The maximum absolute atomic E-state index is 13.1. The largest absolute Gasteiger partial charge is 0.490 e. The molecule has 3 aromatic carbocycles. The molecule has 0 radical (unpaired) electrons. The van der Waals surface area contributed by atoms with E-state index in [0.717, 1.165) is 32.0 Å². The smallest absolute Gasteiger partial charge is 0.293 e. The van der Waals surface area contributed by atoms with Crippen LogP contribution < -0.4 is 9.47 Å². The Morgan fingerprint density at radius 1 is 0.941 bits per heavy atom. The number of amides is 2. The molecular formula is C26H21FINO4S. The first-order chi connectivity index (χ1) is 16.4. The summed E-state index contributed by atoms with van der Waals surface area (Å²) in [5.74, 6) is 0.445. The SMILES string of the molecule is CCOc1cc(/C=C2\SC(=O)N(Cc3ccc(I)cc3)C2=O)ccc1OCc1ccc(F)cc1. The number of hydrogen-bond donors (Lipinski definition) is 0. The van der Waals surface area contributed by atoms with Crippen LogP contribution in [0.2, 0.25) is 0 Å². The quantitative estimate of drug-likeness (QED) is 0.218. The number of halogens is 2. The molecule has 0 N–H and O–H groups in total. The summed E-state index contributed by atoms with van der Waals surface area (Å²) in [7, 11) is 0. The van der Waals surface area contributed by atoms with Crippen molar-refractivity contribution in [2.45, 2.75) is 20.1 Å². The van der Waals surface area contributed by atoms with E-state index in [1.807, 2.05) is 31.2 Å². The lowest BCUT2D eigenvalue weighted by atomic mass is 10.1. The summed E-state index contributed by atoms with van der Waals surface area (Å²) >= 11 is 3.14. The van der Waals surface area contributed by atoms with E-state index in [1.165, 1.54) is 17.0 Å². The zero-order valence-corrected chi connectivity index (χ0v) is 21.3. The molecule has 1 aliphatic heterocycles. The van der Waals surface area contributed by atoms with Crippen molar-refractivity contribution < 1.29 is 23.5 Å². The number of imide groups is 1. The van der Waals surface area contributed by atoms with Gasteiger partial charge in [-0.1, -0.05) is 30.3 Å². The molecule has 1 saturated heterocycles. The van der Waals surface area contributed by atoms with Crippen LogP contribution in [0, 0.1) is 9.39 Å². The summed E-state index contributed by atoms with van der Waals surface area (Å²) < 4.78 is 25.8. The highest BCUT2D eigenvalue weighted by molar-refractivity contribution is 14.1. The second-order valence-corrected chi connectivity index (χ2v) is 9.69. The molecular weight excluding hydrogens is 568 g/mol. The second kappa shape index (κ2) is 11.1. The van der Waals surface area contributed by atoms with E-state index in [0.29, 0.717) is 23.0 Å². The zero-order chi connectivity index (χ0) is 24.1. The molecule has 0 atom stereocenters. The Balaban J connectivity index is 1.49. The van der Waals surface area contributed by atoms with Gasteiger partial charge < -0.3 is 9.47 Å².